The molecular formula is C18H22ClN3O2. The summed E-state index contributed by atoms with van der Waals surface area (Å²) < 4.78 is 7.56. The largest absolute Gasteiger partial charge is 0.492 e. The molecule has 1 aromatic carbocycles. The van der Waals surface area contributed by atoms with Gasteiger partial charge in [0.1, 0.15) is 5.75 Å². The number of para-hydroxylation sites is 1. The molecule has 6 heteroatoms. The van der Waals surface area contributed by atoms with E-state index in [1.165, 1.54) is 0 Å². The second-order valence-electron chi connectivity index (χ2n) is 6.04. The van der Waals surface area contributed by atoms with Gasteiger partial charge in [-0.25, -0.2) is 4.98 Å². The average Bonchev–Trinajstić information content (AvgIpc) is 2.61. The van der Waals surface area contributed by atoms with Crippen molar-refractivity contribution in [1.29, 1.82) is 0 Å². The molecule has 128 valence electrons. The molecule has 0 radical (unpaired) electrons. The Hall–Kier alpha value is -2.01. The maximum absolute atomic E-state index is 12.4. The Bertz CT molecular complexity index is 747. The van der Waals surface area contributed by atoms with Gasteiger partial charge in [-0.2, -0.15) is 0 Å². The summed E-state index contributed by atoms with van der Waals surface area (Å²) in [5.74, 6) is 1.61. The minimum atomic E-state index is -0.0207. The third kappa shape index (κ3) is 3.73. The van der Waals surface area contributed by atoms with Crippen molar-refractivity contribution in [1.82, 2.24) is 9.55 Å². The smallest absolute Gasteiger partial charge is 0.293 e. The Balaban J connectivity index is 1.67. The summed E-state index contributed by atoms with van der Waals surface area (Å²) in [7, 11) is 0. The SMILES string of the molecule is CCn1ccnc(N2CCCC(COc3ccccc3Cl)C2)c1=O. The van der Waals surface area contributed by atoms with Crippen LogP contribution in [0.5, 0.6) is 5.75 Å². The van der Waals surface area contributed by atoms with Crippen LogP contribution in [-0.4, -0.2) is 29.2 Å². The molecule has 0 spiro atoms. The Morgan fingerprint density at radius 1 is 1.38 bits per heavy atom. The number of halogens is 1. The third-order valence-corrected chi connectivity index (χ3v) is 4.68. The van der Waals surface area contributed by atoms with Crippen LogP contribution in [0.25, 0.3) is 0 Å². The summed E-state index contributed by atoms with van der Waals surface area (Å²) in [6, 6.07) is 7.50. The third-order valence-electron chi connectivity index (χ3n) is 4.37. The number of ether oxygens (including phenoxy) is 1. The maximum Gasteiger partial charge on any atom is 0.293 e. The average molecular weight is 348 g/mol. The fourth-order valence-corrected chi connectivity index (χ4v) is 3.25. The van der Waals surface area contributed by atoms with Gasteiger partial charge >= 0.3 is 0 Å². The zero-order chi connectivity index (χ0) is 16.9. The Morgan fingerprint density at radius 2 is 2.21 bits per heavy atom. The van der Waals surface area contributed by atoms with E-state index in [-0.39, 0.29) is 5.56 Å². The maximum atomic E-state index is 12.4. The summed E-state index contributed by atoms with van der Waals surface area (Å²) in [6.45, 7) is 4.84. The second-order valence-corrected chi connectivity index (χ2v) is 6.44. The van der Waals surface area contributed by atoms with Crippen LogP contribution >= 0.6 is 11.6 Å². The van der Waals surface area contributed by atoms with Crippen LogP contribution in [-0.2, 0) is 6.54 Å². The van der Waals surface area contributed by atoms with Crippen LogP contribution < -0.4 is 15.2 Å². The Labute approximate surface area is 146 Å². The fourth-order valence-electron chi connectivity index (χ4n) is 3.06. The topological polar surface area (TPSA) is 47.4 Å². The van der Waals surface area contributed by atoms with E-state index in [0.717, 1.165) is 25.9 Å². The molecule has 0 amide bonds. The molecule has 0 bridgehead atoms. The van der Waals surface area contributed by atoms with Gasteiger partial charge in [0.2, 0.25) is 0 Å². The van der Waals surface area contributed by atoms with Crippen molar-refractivity contribution in [2.24, 2.45) is 5.92 Å². The monoisotopic (exact) mass is 347 g/mol. The second kappa shape index (κ2) is 7.71. The first kappa shape index (κ1) is 16.8. The van der Waals surface area contributed by atoms with Gasteiger partial charge in [-0.05, 0) is 31.9 Å². The number of benzene rings is 1. The standard InChI is InChI=1S/C18H22ClN3O2/c1-2-21-11-9-20-17(18(21)23)22-10-5-6-14(12-22)13-24-16-8-4-3-7-15(16)19/h3-4,7-9,11,14H,2,5-6,10,12-13H2,1H3. The lowest BCUT2D eigenvalue weighted by molar-refractivity contribution is 0.228. The first-order chi connectivity index (χ1) is 11.7. The van der Waals surface area contributed by atoms with Crippen LogP contribution in [0.15, 0.2) is 41.5 Å². The van der Waals surface area contributed by atoms with Gasteiger partial charge < -0.3 is 14.2 Å². The lowest BCUT2D eigenvalue weighted by Crippen LogP contribution is -2.41. The van der Waals surface area contributed by atoms with Crippen molar-refractivity contribution >= 4 is 17.4 Å². The molecule has 1 aliphatic rings. The van der Waals surface area contributed by atoms with Crippen LogP contribution in [0.1, 0.15) is 19.8 Å². The van der Waals surface area contributed by atoms with E-state index in [1.807, 2.05) is 31.2 Å². The molecule has 2 aromatic rings. The van der Waals surface area contributed by atoms with Crippen LogP contribution in [0.4, 0.5) is 5.82 Å². The molecule has 1 unspecified atom stereocenters. The predicted molar refractivity (Wildman–Crippen MR) is 96.1 cm³/mol. The molecule has 1 aliphatic heterocycles. The zero-order valence-corrected chi connectivity index (χ0v) is 14.6. The van der Waals surface area contributed by atoms with Crippen molar-refractivity contribution in [3.05, 3.63) is 52.0 Å². The molecule has 1 aromatic heterocycles. The highest BCUT2D eigenvalue weighted by atomic mass is 35.5. The van der Waals surface area contributed by atoms with Gasteiger partial charge in [-0.1, -0.05) is 23.7 Å². The Kier molecular flexibility index (Phi) is 5.41. The van der Waals surface area contributed by atoms with Crippen molar-refractivity contribution in [2.75, 3.05) is 24.6 Å². The van der Waals surface area contributed by atoms with E-state index in [1.54, 1.807) is 17.0 Å². The van der Waals surface area contributed by atoms with Gasteiger partial charge in [0, 0.05) is 37.9 Å². The van der Waals surface area contributed by atoms with Crippen molar-refractivity contribution in [2.45, 2.75) is 26.3 Å². The van der Waals surface area contributed by atoms with Crippen molar-refractivity contribution in [3.63, 3.8) is 0 Å². The molecule has 1 atom stereocenters. The van der Waals surface area contributed by atoms with Crippen LogP contribution in [0.2, 0.25) is 5.02 Å². The van der Waals surface area contributed by atoms with E-state index in [2.05, 4.69) is 9.88 Å². The zero-order valence-electron chi connectivity index (χ0n) is 13.8. The molecule has 0 aliphatic carbocycles. The number of hydrogen-bond donors (Lipinski definition) is 0. The number of anilines is 1. The molecular weight excluding hydrogens is 326 g/mol. The Morgan fingerprint density at radius 3 is 3.00 bits per heavy atom. The molecule has 1 saturated heterocycles. The number of rotatable bonds is 5. The highest BCUT2D eigenvalue weighted by Crippen LogP contribution is 2.25. The fraction of sp³-hybridized carbons (Fsp3) is 0.444. The summed E-state index contributed by atoms with van der Waals surface area (Å²) in [5.41, 5.74) is -0.0207. The summed E-state index contributed by atoms with van der Waals surface area (Å²) in [6.07, 6.45) is 5.53. The number of piperidine rings is 1. The van der Waals surface area contributed by atoms with Gasteiger partial charge in [0.05, 0.1) is 11.6 Å². The van der Waals surface area contributed by atoms with Gasteiger partial charge in [0.25, 0.3) is 5.56 Å². The van der Waals surface area contributed by atoms with Crippen LogP contribution in [0.3, 0.4) is 0 Å². The normalized spacial score (nSPS) is 17.8. The quantitative estimate of drug-likeness (QED) is 0.833. The lowest BCUT2D eigenvalue weighted by atomic mass is 9.99. The summed E-state index contributed by atoms with van der Waals surface area (Å²) in [4.78, 5) is 18.8. The summed E-state index contributed by atoms with van der Waals surface area (Å²) in [5, 5.41) is 0.626. The van der Waals surface area contributed by atoms with Crippen molar-refractivity contribution in [3.8, 4) is 5.75 Å². The first-order valence-corrected chi connectivity index (χ1v) is 8.74. The molecule has 3 rings (SSSR count). The van der Waals surface area contributed by atoms with E-state index >= 15 is 0 Å². The predicted octanol–water partition coefficient (Wildman–Crippen LogP) is 3.21. The summed E-state index contributed by atoms with van der Waals surface area (Å²) >= 11 is 6.13. The highest BCUT2D eigenvalue weighted by Gasteiger charge is 2.23. The van der Waals surface area contributed by atoms with E-state index in [0.29, 0.717) is 35.7 Å². The van der Waals surface area contributed by atoms with E-state index in [9.17, 15) is 4.79 Å². The molecule has 24 heavy (non-hydrogen) atoms. The van der Waals surface area contributed by atoms with Gasteiger partial charge in [-0.15, -0.1) is 0 Å². The van der Waals surface area contributed by atoms with Crippen molar-refractivity contribution < 1.29 is 4.74 Å². The van der Waals surface area contributed by atoms with Gasteiger partial charge in [-0.3, -0.25) is 4.79 Å². The minimum Gasteiger partial charge on any atom is -0.492 e. The lowest BCUT2D eigenvalue weighted by Gasteiger charge is -2.33. The molecule has 0 saturated carbocycles. The molecule has 1 fully saturated rings. The first-order valence-electron chi connectivity index (χ1n) is 8.36. The minimum absolute atomic E-state index is 0.0207. The van der Waals surface area contributed by atoms with E-state index in [4.69, 9.17) is 16.3 Å². The number of aryl methyl sites for hydroxylation is 1. The number of aromatic nitrogens is 2. The number of hydrogen-bond acceptors (Lipinski definition) is 4. The number of nitrogens with zero attached hydrogens (tertiary/aromatic N) is 3. The molecule has 2 heterocycles. The van der Waals surface area contributed by atoms with E-state index < -0.39 is 0 Å². The van der Waals surface area contributed by atoms with Crippen LogP contribution in [0, 0.1) is 5.92 Å². The molecule has 0 N–H and O–H groups in total. The highest BCUT2D eigenvalue weighted by molar-refractivity contribution is 6.32. The molecule has 5 nitrogen and oxygen atoms in total. The van der Waals surface area contributed by atoms with Gasteiger partial charge in [0.15, 0.2) is 5.82 Å².